The molecule has 1 aromatic heterocycles. The summed E-state index contributed by atoms with van der Waals surface area (Å²) in [5, 5.41) is 8.37. The van der Waals surface area contributed by atoms with Gasteiger partial charge in [0, 0.05) is 37.7 Å². The van der Waals surface area contributed by atoms with E-state index in [-0.39, 0.29) is 17.2 Å². The van der Waals surface area contributed by atoms with Crippen LogP contribution in [0.4, 0.5) is 0 Å². The molecule has 4 rings (SSSR count). The van der Waals surface area contributed by atoms with Crippen LogP contribution in [0.15, 0.2) is 24.5 Å². The lowest BCUT2D eigenvalue weighted by Crippen LogP contribution is -2.38. The molecule has 138 valence electrons. The third-order valence-corrected chi connectivity index (χ3v) is 5.94. The van der Waals surface area contributed by atoms with Crippen LogP contribution in [-0.2, 0) is 7.05 Å². The molecule has 1 spiro atoms. The van der Waals surface area contributed by atoms with Crippen molar-refractivity contribution < 1.29 is 14.3 Å². The fourth-order valence-electron chi connectivity index (χ4n) is 4.34. The molecule has 2 heterocycles. The number of ether oxygens (including phenoxy) is 2. The fourth-order valence-corrected chi connectivity index (χ4v) is 4.34. The predicted molar refractivity (Wildman–Crippen MR) is 95.5 cm³/mol. The lowest BCUT2D eigenvalue weighted by Gasteiger charge is -2.42. The average molecular weight is 356 g/mol. The van der Waals surface area contributed by atoms with Crippen LogP contribution in [0.1, 0.15) is 41.4 Å². The van der Waals surface area contributed by atoms with Gasteiger partial charge in [-0.15, -0.1) is 10.2 Å². The van der Waals surface area contributed by atoms with Crippen molar-refractivity contribution in [2.75, 3.05) is 27.3 Å². The van der Waals surface area contributed by atoms with Crippen LogP contribution in [0, 0.1) is 5.41 Å². The second-order valence-electron chi connectivity index (χ2n) is 7.36. The van der Waals surface area contributed by atoms with Crippen molar-refractivity contribution in [3.63, 3.8) is 0 Å². The van der Waals surface area contributed by atoms with Crippen LogP contribution in [0.3, 0.4) is 0 Å². The van der Waals surface area contributed by atoms with Crippen molar-refractivity contribution in [1.29, 1.82) is 0 Å². The zero-order valence-corrected chi connectivity index (χ0v) is 15.4. The van der Waals surface area contributed by atoms with Crippen molar-refractivity contribution in [2.45, 2.75) is 25.2 Å². The number of hydrogen-bond acceptors (Lipinski definition) is 5. The molecule has 2 aromatic rings. The van der Waals surface area contributed by atoms with Gasteiger partial charge >= 0.3 is 0 Å². The van der Waals surface area contributed by atoms with E-state index >= 15 is 0 Å². The molecule has 0 N–H and O–H groups in total. The largest absolute Gasteiger partial charge is 0.497 e. The quantitative estimate of drug-likeness (QED) is 0.840. The highest BCUT2D eigenvalue weighted by Crippen LogP contribution is 2.55. The standard InChI is InChI=1S/C19H24N4O3/c1-22-12-20-21-17(22)16-10-23(11-19(16)5-4-6-19)18(24)13-7-14(25-2)9-15(8-13)26-3/h7-9,12,16H,4-6,10-11H2,1-3H3. The maximum atomic E-state index is 13.2. The molecule has 1 saturated carbocycles. The van der Waals surface area contributed by atoms with Crippen LogP contribution in [0.5, 0.6) is 11.5 Å². The zero-order chi connectivity index (χ0) is 18.3. The Morgan fingerprint density at radius 1 is 1.19 bits per heavy atom. The number of hydrogen-bond donors (Lipinski definition) is 0. The molecule has 2 fully saturated rings. The monoisotopic (exact) mass is 356 g/mol. The SMILES string of the molecule is COc1cc(OC)cc(C(=O)N2CC(c3nncn3C)C3(CCC3)C2)c1. The van der Waals surface area contributed by atoms with Crippen molar-refractivity contribution in [3.05, 3.63) is 35.9 Å². The first-order chi connectivity index (χ1) is 12.6. The van der Waals surface area contributed by atoms with Crippen LogP contribution >= 0.6 is 0 Å². The maximum absolute atomic E-state index is 13.2. The van der Waals surface area contributed by atoms with E-state index in [0.717, 1.165) is 25.2 Å². The Labute approximate surface area is 152 Å². The average Bonchev–Trinajstić information content (AvgIpc) is 3.23. The van der Waals surface area contributed by atoms with Gasteiger partial charge in [0.25, 0.3) is 5.91 Å². The van der Waals surface area contributed by atoms with Crippen molar-refractivity contribution in [3.8, 4) is 11.5 Å². The summed E-state index contributed by atoms with van der Waals surface area (Å²) in [5.41, 5.74) is 0.730. The second kappa shape index (κ2) is 6.30. The minimum Gasteiger partial charge on any atom is -0.497 e. The Morgan fingerprint density at radius 3 is 2.38 bits per heavy atom. The van der Waals surface area contributed by atoms with E-state index in [2.05, 4.69) is 10.2 Å². The molecule has 1 aliphatic carbocycles. The van der Waals surface area contributed by atoms with Gasteiger partial charge in [-0.2, -0.15) is 0 Å². The number of amides is 1. The Hall–Kier alpha value is -2.57. The molecule has 2 aliphatic rings. The highest BCUT2D eigenvalue weighted by molar-refractivity contribution is 5.95. The first-order valence-corrected chi connectivity index (χ1v) is 8.92. The summed E-state index contributed by atoms with van der Waals surface area (Å²) in [7, 11) is 5.15. The number of aromatic nitrogens is 3. The smallest absolute Gasteiger partial charge is 0.254 e. The van der Waals surface area contributed by atoms with E-state index in [1.807, 2.05) is 16.5 Å². The summed E-state index contributed by atoms with van der Waals surface area (Å²) >= 11 is 0. The van der Waals surface area contributed by atoms with Crippen LogP contribution in [0.25, 0.3) is 0 Å². The molecule has 7 heteroatoms. The number of carbonyl (C=O) groups is 1. The van der Waals surface area contributed by atoms with Gasteiger partial charge in [-0.3, -0.25) is 4.79 Å². The molecular formula is C19H24N4O3. The highest BCUT2D eigenvalue weighted by Gasteiger charge is 2.53. The van der Waals surface area contributed by atoms with Gasteiger partial charge in [0.1, 0.15) is 23.7 Å². The third-order valence-electron chi connectivity index (χ3n) is 5.94. The molecule has 1 aromatic carbocycles. The summed E-state index contributed by atoms with van der Waals surface area (Å²) in [6.45, 7) is 1.44. The number of nitrogens with zero attached hydrogens (tertiary/aromatic N) is 4. The number of aryl methyl sites for hydroxylation is 1. The number of rotatable bonds is 4. The van der Waals surface area contributed by atoms with Crippen LogP contribution in [-0.4, -0.2) is 52.9 Å². The van der Waals surface area contributed by atoms with Crippen molar-refractivity contribution in [2.24, 2.45) is 12.5 Å². The molecule has 1 amide bonds. The summed E-state index contributed by atoms with van der Waals surface area (Å²) in [6.07, 6.45) is 5.22. The first kappa shape index (κ1) is 16.9. The lowest BCUT2D eigenvalue weighted by atomic mass is 9.62. The normalized spacial score (nSPS) is 20.9. The lowest BCUT2D eigenvalue weighted by molar-refractivity contribution is 0.0722. The number of methoxy groups -OCH3 is 2. The molecule has 1 unspecified atom stereocenters. The molecule has 7 nitrogen and oxygen atoms in total. The number of carbonyl (C=O) groups excluding carboxylic acids is 1. The Morgan fingerprint density at radius 2 is 1.88 bits per heavy atom. The van der Waals surface area contributed by atoms with E-state index in [9.17, 15) is 4.79 Å². The van der Waals surface area contributed by atoms with Crippen molar-refractivity contribution in [1.82, 2.24) is 19.7 Å². The van der Waals surface area contributed by atoms with E-state index in [4.69, 9.17) is 9.47 Å². The maximum Gasteiger partial charge on any atom is 0.254 e. The minimum atomic E-state index is 0.0122. The fraction of sp³-hybridized carbons (Fsp3) is 0.526. The molecule has 1 saturated heterocycles. The van der Waals surface area contributed by atoms with E-state index in [1.54, 1.807) is 38.7 Å². The minimum absolute atomic E-state index is 0.0122. The van der Waals surface area contributed by atoms with Gasteiger partial charge in [-0.1, -0.05) is 6.42 Å². The topological polar surface area (TPSA) is 69.5 Å². The Kier molecular flexibility index (Phi) is 4.09. The highest BCUT2D eigenvalue weighted by atomic mass is 16.5. The predicted octanol–water partition coefficient (Wildman–Crippen LogP) is 2.24. The van der Waals surface area contributed by atoms with Gasteiger partial charge in [-0.05, 0) is 30.4 Å². The van der Waals surface area contributed by atoms with Gasteiger partial charge in [0.15, 0.2) is 0 Å². The number of likely N-dealkylation sites (tertiary alicyclic amines) is 1. The van der Waals surface area contributed by atoms with Crippen LogP contribution < -0.4 is 9.47 Å². The van der Waals surface area contributed by atoms with Gasteiger partial charge < -0.3 is 18.9 Å². The van der Waals surface area contributed by atoms with Gasteiger partial charge in [0.05, 0.1) is 14.2 Å². The molecule has 1 aliphatic heterocycles. The number of benzene rings is 1. The summed E-state index contributed by atoms with van der Waals surface area (Å²) < 4.78 is 12.6. The molecule has 26 heavy (non-hydrogen) atoms. The van der Waals surface area contributed by atoms with Crippen molar-refractivity contribution >= 4 is 5.91 Å². The van der Waals surface area contributed by atoms with E-state index < -0.39 is 0 Å². The molecule has 0 radical (unpaired) electrons. The summed E-state index contributed by atoms with van der Waals surface area (Å²) in [6, 6.07) is 5.32. The van der Waals surface area contributed by atoms with E-state index in [1.165, 1.54) is 6.42 Å². The second-order valence-corrected chi connectivity index (χ2v) is 7.36. The summed E-state index contributed by atoms with van der Waals surface area (Å²) in [5.74, 6) is 2.46. The Bertz CT molecular complexity index is 806. The third kappa shape index (κ3) is 2.62. The molecule has 1 atom stereocenters. The summed E-state index contributed by atoms with van der Waals surface area (Å²) in [4.78, 5) is 15.1. The van der Waals surface area contributed by atoms with E-state index in [0.29, 0.717) is 23.6 Å². The molecular weight excluding hydrogens is 332 g/mol. The first-order valence-electron chi connectivity index (χ1n) is 8.92. The van der Waals surface area contributed by atoms with Gasteiger partial charge in [-0.25, -0.2) is 0 Å². The van der Waals surface area contributed by atoms with Crippen LogP contribution in [0.2, 0.25) is 0 Å². The van der Waals surface area contributed by atoms with Gasteiger partial charge in [0.2, 0.25) is 0 Å². The molecule has 0 bridgehead atoms. The zero-order valence-electron chi connectivity index (χ0n) is 15.4. The Balaban J connectivity index is 1.63.